The van der Waals surface area contributed by atoms with Crippen LogP contribution in [0.3, 0.4) is 0 Å². The fraction of sp³-hybridized carbons (Fsp3) is 0.700. The Morgan fingerprint density at radius 1 is 1.31 bits per heavy atom. The number of nitrogens with zero attached hydrogens (tertiary/aromatic N) is 1. The topological polar surface area (TPSA) is 12.9 Å². The summed E-state index contributed by atoms with van der Waals surface area (Å²) in [6.07, 6.45) is 0.847. The molecule has 1 fully saturated rings. The van der Waals surface area contributed by atoms with Crippen molar-refractivity contribution < 1.29 is 13.2 Å². The minimum Gasteiger partial charge on any atom is -0.240 e. The summed E-state index contributed by atoms with van der Waals surface area (Å²) in [4.78, 5) is 4.11. The number of halogens is 4. The summed E-state index contributed by atoms with van der Waals surface area (Å²) >= 11 is 6.87. The molecule has 2 atom stereocenters. The van der Waals surface area contributed by atoms with E-state index in [2.05, 4.69) is 4.98 Å². The van der Waals surface area contributed by atoms with Crippen LogP contribution in [-0.2, 0) is 6.18 Å². The maximum Gasteiger partial charge on any atom is 0.443 e. The van der Waals surface area contributed by atoms with Gasteiger partial charge in [0, 0.05) is 22.4 Å². The fourth-order valence-electron chi connectivity index (χ4n) is 2.00. The van der Waals surface area contributed by atoms with Crippen LogP contribution in [-0.4, -0.2) is 10.4 Å². The molecule has 0 amide bonds. The summed E-state index contributed by atoms with van der Waals surface area (Å²) in [6.45, 7) is 0. The Kier molecular flexibility index (Phi) is 3.45. The van der Waals surface area contributed by atoms with Crippen molar-refractivity contribution >= 4 is 22.9 Å². The number of hydrogen-bond acceptors (Lipinski definition) is 2. The third kappa shape index (κ3) is 2.51. The maximum atomic E-state index is 12.4. The highest BCUT2D eigenvalue weighted by molar-refractivity contribution is 7.11. The molecule has 1 aromatic rings. The van der Waals surface area contributed by atoms with E-state index in [1.807, 2.05) is 0 Å². The fourth-order valence-corrected chi connectivity index (χ4v) is 3.47. The largest absolute Gasteiger partial charge is 0.443 e. The molecule has 1 heterocycles. The van der Waals surface area contributed by atoms with Gasteiger partial charge in [0.2, 0.25) is 0 Å². The lowest BCUT2D eigenvalue weighted by atomic mass is 9.88. The van der Waals surface area contributed by atoms with Crippen molar-refractivity contribution in [1.82, 2.24) is 4.98 Å². The van der Waals surface area contributed by atoms with E-state index in [0.717, 1.165) is 37.0 Å². The molecule has 0 saturated heterocycles. The molecule has 1 saturated carbocycles. The molecule has 0 N–H and O–H groups in total. The summed E-state index contributed by atoms with van der Waals surface area (Å²) in [5.74, 6) is 0.0454. The quantitative estimate of drug-likeness (QED) is 0.688. The van der Waals surface area contributed by atoms with Crippen LogP contribution < -0.4 is 0 Å². The smallest absolute Gasteiger partial charge is 0.240 e. The van der Waals surface area contributed by atoms with Crippen LogP contribution in [0.25, 0.3) is 0 Å². The minimum atomic E-state index is -4.33. The van der Waals surface area contributed by atoms with E-state index >= 15 is 0 Å². The van der Waals surface area contributed by atoms with Gasteiger partial charge >= 0.3 is 6.18 Å². The third-order valence-corrected chi connectivity index (χ3v) is 4.51. The molecule has 90 valence electrons. The molecule has 1 nitrogen and oxygen atoms in total. The van der Waals surface area contributed by atoms with Crippen LogP contribution in [0.15, 0.2) is 6.20 Å². The van der Waals surface area contributed by atoms with Gasteiger partial charge < -0.3 is 0 Å². The van der Waals surface area contributed by atoms with Crippen LogP contribution in [0, 0.1) is 0 Å². The minimum absolute atomic E-state index is 0.0454. The Balaban J connectivity index is 2.18. The van der Waals surface area contributed by atoms with Gasteiger partial charge in [-0.25, -0.2) is 4.98 Å². The molecule has 1 aromatic heterocycles. The number of aromatic nitrogens is 1. The lowest BCUT2D eigenvalue weighted by Gasteiger charge is -2.25. The summed E-state index contributed by atoms with van der Waals surface area (Å²) in [6, 6.07) is 0. The van der Waals surface area contributed by atoms with Crippen molar-refractivity contribution in [2.75, 3.05) is 0 Å². The third-order valence-electron chi connectivity index (χ3n) is 2.81. The van der Waals surface area contributed by atoms with Crippen LogP contribution >= 0.6 is 22.9 Å². The first-order valence-corrected chi connectivity index (χ1v) is 6.41. The average molecular weight is 270 g/mol. The van der Waals surface area contributed by atoms with Gasteiger partial charge in [-0.15, -0.1) is 22.9 Å². The number of thiazole rings is 1. The second-order valence-corrected chi connectivity index (χ2v) is 5.60. The number of alkyl halides is 4. The zero-order chi connectivity index (χ0) is 11.8. The van der Waals surface area contributed by atoms with Gasteiger partial charge in [-0.05, 0) is 12.8 Å². The highest BCUT2D eigenvalue weighted by atomic mass is 35.5. The summed E-state index contributed by atoms with van der Waals surface area (Å²) in [5.41, 5.74) is 0. The molecule has 6 heteroatoms. The Hall–Kier alpha value is -0.290. The van der Waals surface area contributed by atoms with E-state index in [9.17, 15) is 13.2 Å². The van der Waals surface area contributed by atoms with E-state index in [1.54, 1.807) is 0 Å². The maximum absolute atomic E-state index is 12.4. The van der Waals surface area contributed by atoms with Gasteiger partial charge in [-0.3, -0.25) is 0 Å². The van der Waals surface area contributed by atoms with E-state index in [1.165, 1.54) is 6.20 Å². The van der Waals surface area contributed by atoms with Gasteiger partial charge in [0.1, 0.15) is 0 Å². The van der Waals surface area contributed by atoms with Crippen molar-refractivity contribution in [3.63, 3.8) is 0 Å². The molecule has 1 aliphatic carbocycles. The summed E-state index contributed by atoms with van der Waals surface area (Å²) < 4.78 is 37.1. The van der Waals surface area contributed by atoms with E-state index < -0.39 is 11.2 Å². The van der Waals surface area contributed by atoms with Crippen molar-refractivity contribution in [3.05, 3.63) is 16.1 Å². The van der Waals surface area contributed by atoms with Gasteiger partial charge in [0.25, 0.3) is 0 Å². The first-order chi connectivity index (χ1) is 7.48. The molecule has 2 unspecified atom stereocenters. The van der Waals surface area contributed by atoms with Gasteiger partial charge in [-0.2, -0.15) is 13.2 Å². The highest BCUT2D eigenvalue weighted by Gasteiger charge is 2.36. The van der Waals surface area contributed by atoms with Gasteiger partial charge in [-0.1, -0.05) is 12.8 Å². The molecule has 16 heavy (non-hydrogen) atoms. The zero-order valence-corrected chi connectivity index (χ0v) is 10.0. The molecule has 2 rings (SSSR count). The Bertz CT molecular complexity index is 363. The van der Waals surface area contributed by atoms with Crippen LogP contribution in [0.5, 0.6) is 0 Å². The van der Waals surface area contributed by atoms with Gasteiger partial charge in [0.15, 0.2) is 5.01 Å². The van der Waals surface area contributed by atoms with Crippen LogP contribution in [0.1, 0.15) is 41.5 Å². The molecule has 0 bridgehead atoms. The van der Waals surface area contributed by atoms with Crippen molar-refractivity contribution in [2.45, 2.75) is 43.2 Å². The number of hydrogen-bond donors (Lipinski definition) is 0. The van der Waals surface area contributed by atoms with Crippen molar-refractivity contribution in [1.29, 1.82) is 0 Å². The summed E-state index contributed by atoms with van der Waals surface area (Å²) in [5, 5.41) is -0.813. The van der Waals surface area contributed by atoms with E-state index in [4.69, 9.17) is 11.6 Å². The predicted octanol–water partition coefficient (Wildman–Crippen LogP) is 4.43. The van der Waals surface area contributed by atoms with E-state index in [-0.39, 0.29) is 11.3 Å². The van der Waals surface area contributed by atoms with E-state index in [0.29, 0.717) is 4.88 Å². The second-order valence-electron chi connectivity index (χ2n) is 3.97. The highest BCUT2D eigenvalue weighted by Crippen LogP contribution is 2.41. The number of rotatable bonds is 1. The monoisotopic (exact) mass is 269 g/mol. The average Bonchev–Trinajstić information content (AvgIpc) is 2.66. The van der Waals surface area contributed by atoms with Crippen LogP contribution in [0.2, 0.25) is 0 Å². The summed E-state index contributed by atoms with van der Waals surface area (Å²) in [7, 11) is 0. The van der Waals surface area contributed by atoms with Crippen molar-refractivity contribution in [3.8, 4) is 0 Å². The molecular formula is C10H11ClF3NS. The van der Waals surface area contributed by atoms with Crippen molar-refractivity contribution in [2.24, 2.45) is 0 Å². The zero-order valence-electron chi connectivity index (χ0n) is 8.43. The van der Waals surface area contributed by atoms with Crippen LogP contribution in [0.4, 0.5) is 13.2 Å². The predicted molar refractivity (Wildman–Crippen MR) is 58.0 cm³/mol. The SMILES string of the molecule is FC(F)(F)c1ncc(C2CCCCC2Cl)s1. The second kappa shape index (κ2) is 4.53. The standard InChI is InChI=1S/C10H11ClF3NS/c11-7-4-2-1-3-6(7)8-5-15-9(16-8)10(12,13)14/h5-7H,1-4H2. The Morgan fingerprint density at radius 2 is 2.00 bits per heavy atom. The van der Waals surface area contributed by atoms with Gasteiger partial charge in [0.05, 0.1) is 0 Å². The Morgan fingerprint density at radius 3 is 2.56 bits per heavy atom. The molecule has 1 aliphatic rings. The molecule has 0 aromatic carbocycles. The lowest BCUT2D eigenvalue weighted by Crippen LogP contribution is -2.16. The molecular weight excluding hydrogens is 259 g/mol. The first-order valence-electron chi connectivity index (χ1n) is 5.15. The molecule has 0 spiro atoms. The Labute approximate surface area is 101 Å². The molecule has 0 radical (unpaired) electrons. The first kappa shape index (κ1) is 12.2. The normalized spacial score (nSPS) is 27.0. The lowest BCUT2D eigenvalue weighted by molar-refractivity contribution is -0.137. The molecule has 0 aliphatic heterocycles.